The third-order valence-electron chi connectivity index (χ3n) is 4.11. The lowest BCUT2D eigenvalue weighted by molar-refractivity contribution is -0.150. The first-order valence-electron chi connectivity index (χ1n) is 6.62. The zero-order chi connectivity index (χ0) is 15.8. The second-order valence-electron chi connectivity index (χ2n) is 5.59. The van der Waals surface area contributed by atoms with E-state index in [-0.39, 0.29) is 24.7 Å². The molecule has 0 aromatic carbocycles. The second kappa shape index (κ2) is 5.19. The maximum Gasteiger partial charge on any atom is 0.326 e. The summed E-state index contributed by atoms with van der Waals surface area (Å²) in [5.41, 5.74) is -2.56. The molecule has 1 saturated heterocycles. The molecule has 1 aromatic heterocycles. The van der Waals surface area contributed by atoms with Crippen LogP contribution in [0.2, 0.25) is 0 Å². The third kappa shape index (κ3) is 2.61. The molecule has 0 spiro atoms. The molecule has 8 nitrogen and oxygen atoms in total. The topological polar surface area (TPSA) is 123 Å². The monoisotopic (exact) mass is 295 g/mol. The number of aromatic nitrogens is 2. The van der Waals surface area contributed by atoms with Crippen molar-refractivity contribution in [2.75, 3.05) is 13.1 Å². The van der Waals surface area contributed by atoms with Gasteiger partial charge in [0.05, 0.1) is 5.41 Å². The van der Waals surface area contributed by atoms with Gasteiger partial charge in [0.2, 0.25) is 0 Å². The summed E-state index contributed by atoms with van der Waals surface area (Å²) in [5.74, 6) is -1.61. The predicted octanol–water partition coefficient (Wildman–Crippen LogP) is -0.364. The molecule has 0 saturated carbocycles. The summed E-state index contributed by atoms with van der Waals surface area (Å²) in [5, 5.41) is 9.44. The van der Waals surface area contributed by atoms with Gasteiger partial charge >= 0.3 is 11.7 Å². The Bertz CT molecular complexity index is 661. The molecular weight excluding hydrogens is 278 g/mol. The number of rotatable bonds is 3. The number of carbonyl (C=O) groups excluding carboxylic acids is 1. The summed E-state index contributed by atoms with van der Waals surface area (Å²) < 4.78 is 0. The van der Waals surface area contributed by atoms with Gasteiger partial charge in [0, 0.05) is 19.2 Å². The van der Waals surface area contributed by atoms with Crippen molar-refractivity contribution in [2.45, 2.75) is 20.3 Å². The average Bonchev–Trinajstić information content (AvgIpc) is 2.83. The van der Waals surface area contributed by atoms with E-state index in [4.69, 9.17) is 0 Å². The maximum atomic E-state index is 12.3. The lowest BCUT2D eigenvalue weighted by atomic mass is 9.76. The number of carboxylic acids is 1. The Morgan fingerprint density at radius 1 is 1.33 bits per heavy atom. The van der Waals surface area contributed by atoms with Crippen molar-refractivity contribution >= 4 is 11.9 Å². The van der Waals surface area contributed by atoms with E-state index >= 15 is 0 Å². The van der Waals surface area contributed by atoms with Gasteiger partial charge in [-0.15, -0.1) is 0 Å². The van der Waals surface area contributed by atoms with Crippen LogP contribution in [0.5, 0.6) is 0 Å². The average molecular weight is 295 g/mol. The lowest BCUT2D eigenvalue weighted by Crippen LogP contribution is -2.41. The van der Waals surface area contributed by atoms with Crippen LogP contribution in [0.4, 0.5) is 0 Å². The Labute approximate surface area is 119 Å². The summed E-state index contributed by atoms with van der Waals surface area (Å²) in [6, 6.07) is 1.000. The third-order valence-corrected chi connectivity index (χ3v) is 4.11. The number of nitrogens with one attached hydrogen (secondary N) is 2. The highest BCUT2D eigenvalue weighted by Crippen LogP contribution is 2.38. The Morgan fingerprint density at radius 3 is 2.48 bits per heavy atom. The number of nitrogens with zero attached hydrogens (tertiary/aromatic N) is 1. The molecule has 1 atom stereocenters. The zero-order valence-corrected chi connectivity index (χ0v) is 11.8. The number of H-pyrrole nitrogens is 2. The molecule has 2 heterocycles. The van der Waals surface area contributed by atoms with E-state index in [1.54, 1.807) is 13.8 Å². The highest BCUT2D eigenvalue weighted by atomic mass is 16.4. The van der Waals surface area contributed by atoms with Gasteiger partial charge in [0.15, 0.2) is 0 Å². The standard InChI is InChI=1S/C13H17N3O5/c1-7(2)13(11(19)20)3-4-16(6-13)10(18)8-5-9(17)15-12(21)14-8/h5,7H,3-4,6H2,1-2H3,(H,19,20)(H2,14,15,17,21). The fourth-order valence-corrected chi connectivity index (χ4v) is 2.65. The van der Waals surface area contributed by atoms with E-state index < -0.39 is 28.5 Å². The van der Waals surface area contributed by atoms with Crippen LogP contribution in [-0.2, 0) is 4.79 Å². The quantitative estimate of drug-likeness (QED) is 0.702. The van der Waals surface area contributed by atoms with Crippen molar-refractivity contribution < 1.29 is 14.7 Å². The molecule has 1 fully saturated rings. The zero-order valence-electron chi connectivity index (χ0n) is 11.8. The van der Waals surface area contributed by atoms with Crippen LogP contribution < -0.4 is 11.2 Å². The number of aliphatic carboxylic acids is 1. The molecule has 1 aromatic rings. The highest BCUT2D eigenvalue weighted by molar-refractivity contribution is 5.93. The predicted molar refractivity (Wildman–Crippen MR) is 73.1 cm³/mol. The van der Waals surface area contributed by atoms with E-state index in [1.807, 2.05) is 4.98 Å². The molecule has 2 rings (SSSR count). The number of hydrogen-bond donors (Lipinski definition) is 3. The van der Waals surface area contributed by atoms with Crippen molar-refractivity contribution in [2.24, 2.45) is 11.3 Å². The van der Waals surface area contributed by atoms with Gasteiger partial charge in [0.1, 0.15) is 5.69 Å². The van der Waals surface area contributed by atoms with E-state index in [2.05, 4.69) is 4.98 Å². The summed E-state index contributed by atoms with van der Waals surface area (Å²) >= 11 is 0. The van der Waals surface area contributed by atoms with Crippen LogP contribution >= 0.6 is 0 Å². The minimum absolute atomic E-state index is 0.0632. The van der Waals surface area contributed by atoms with E-state index in [0.29, 0.717) is 6.42 Å². The molecule has 1 unspecified atom stereocenters. The van der Waals surface area contributed by atoms with Gasteiger partial charge in [-0.3, -0.25) is 19.4 Å². The number of aromatic amines is 2. The van der Waals surface area contributed by atoms with Gasteiger partial charge < -0.3 is 15.0 Å². The van der Waals surface area contributed by atoms with Crippen LogP contribution in [0.3, 0.4) is 0 Å². The molecule has 3 N–H and O–H groups in total. The summed E-state index contributed by atoms with van der Waals surface area (Å²) in [4.78, 5) is 51.9. The van der Waals surface area contributed by atoms with Crippen molar-refractivity contribution in [3.05, 3.63) is 32.6 Å². The lowest BCUT2D eigenvalue weighted by Gasteiger charge is -2.28. The van der Waals surface area contributed by atoms with Crippen LogP contribution in [0.25, 0.3) is 0 Å². The number of amides is 1. The number of carboxylic acid groups (broad SMARTS) is 1. The summed E-state index contributed by atoms with van der Waals surface area (Å²) in [7, 11) is 0. The SMILES string of the molecule is CC(C)C1(C(=O)O)CCN(C(=O)c2cc(=O)[nH]c(=O)[nH]2)C1. The van der Waals surface area contributed by atoms with E-state index in [0.717, 1.165) is 6.07 Å². The van der Waals surface area contributed by atoms with Crippen LogP contribution in [0, 0.1) is 11.3 Å². The molecular formula is C13H17N3O5. The van der Waals surface area contributed by atoms with Crippen LogP contribution in [0.15, 0.2) is 15.7 Å². The molecule has 1 aliphatic rings. The molecule has 114 valence electrons. The van der Waals surface area contributed by atoms with Crippen molar-refractivity contribution in [1.82, 2.24) is 14.9 Å². The fraction of sp³-hybridized carbons (Fsp3) is 0.538. The van der Waals surface area contributed by atoms with Gasteiger partial charge in [-0.1, -0.05) is 13.8 Å². The molecule has 0 bridgehead atoms. The molecule has 1 amide bonds. The highest BCUT2D eigenvalue weighted by Gasteiger charge is 2.48. The Hall–Kier alpha value is -2.38. The maximum absolute atomic E-state index is 12.3. The minimum atomic E-state index is -0.989. The normalized spacial score (nSPS) is 21.8. The smallest absolute Gasteiger partial charge is 0.326 e. The van der Waals surface area contributed by atoms with Crippen molar-refractivity contribution in [3.8, 4) is 0 Å². The Morgan fingerprint density at radius 2 is 2.00 bits per heavy atom. The first-order chi connectivity index (χ1) is 9.76. The molecule has 1 aliphatic heterocycles. The van der Waals surface area contributed by atoms with Crippen molar-refractivity contribution in [1.29, 1.82) is 0 Å². The number of carbonyl (C=O) groups is 2. The van der Waals surface area contributed by atoms with Crippen LogP contribution in [-0.4, -0.2) is 44.9 Å². The van der Waals surface area contributed by atoms with E-state index in [1.165, 1.54) is 4.90 Å². The Kier molecular flexibility index (Phi) is 3.71. The molecule has 0 aliphatic carbocycles. The summed E-state index contributed by atoms with van der Waals surface area (Å²) in [6.07, 6.45) is 0.346. The van der Waals surface area contributed by atoms with Gasteiger partial charge in [-0.05, 0) is 12.3 Å². The minimum Gasteiger partial charge on any atom is -0.481 e. The summed E-state index contributed by atoms with van der Waals surface area (Å²) in [6.45, 7) is 3.94. The first kappa shape index (κ1) is 15.0. The first-order valence-corrected chi connectivity index (χ1v) is 6.62. The fourth-order valence-electron chi connectivity index (χ4n) is 2.65. The number of hydrogen-bond acceptors (Lipinski definition) is 4. The van der Waals surface area contributed by atoms with Gasteiger partial charge in [-0.25, -0.2) is 4.79 Å². The molecule has 21 heavy (non-hydrogen) atoms. The Balaban J connectivity index is 2.29. The van der Waals surface area contributed by atoms with Crippen LogP contribution in [0.1, 0.15) is 30.8 Å². The van der Waals surface area contributed by atoms with Crippen molar-refractivity contribution in [3.63, 3.8) is 0 Å². The van der Waals surface area contributed by atoms with Gasteiger partial charge in [0.25, 0.3) is 11.5 Å². The van der Waals surface area contributed by atoms with E-state index in [9.17, 15) is 24.3 Å². The molecule has 0 radical (unpaired) electrons. The van der Waals surface area contributed by atoms with Gasteiger partial charge in [-0.2, -0.15) is 0 Å². The number of likely N-dealkylation sites (tertiary alicyclic amines) is 1. The molecule has 8 heteroatoms. The second-order valence-corrected chi connectivity index (χ2v) is 5.59. The largest absolute Gasteiger partial charge is 0.481 e.